The number of aromatic nitrogens is 3. The molecule has 0 radical (unpaired) electrons. The molecule has 8 nitrogen and oxygen atoms in total. The highest BCUT2D eigenvalue weighted by atomic mass is 35.5. The number of nitro benzene ring substituents is 1. The molecule has 36 heavy (non-hydrogen) atoms. The molecule has 0 bridgehead atoms. The minimum atomic E-state index is -0.627. The van der Waals surface area contributed by atoms with Crippen LogP contribution in [0.4, 0.5) is 5.69 Å². The van der Waals surface area contributed by atoms with Crippen LogP contribution >= 0.6 is 46.6 Å². The molecule has 1 unspecified atom stereocenters. The van der Waals surface area contributed by atoms with Gasteiger partial charge in [-0.2, -0.15) is 0 Å². The first kappa shape index (κ1) is 26.0. The van der Waals surface area contributed by atoms with Crippen LogP contribution in [0.5, 0.6) is 0 Å². The van der Waals surface area contributed by atoms with Crippen LogP contribution in [0.2, 0.25) is 15.1 Å². The Morgan fingerprint density at radius 2 is 1.81 bits per heavy atom. The molecule has 0 fully saturated rings. The minimum absolute atomic E-state index is 0.0349. The highest BCUT2D eigenvalue weighted by Gasteiger charge is 2.24. The van der Waals surface area contributed by atoms with Crippen LogP contribution in [0.15, 0.2) is 71.9 Å². The lowest BCUT2D eigenvalue weighted by molar-refractivity contribution is -0.384. The maximum Gasteiger partial charge on any atom is 0.270 e. The number of nitrogens with zero attached hydrogens (tertiary/aromatic N) is 4. The Morgan fingerprint density at radius 3 is 2.50 bits per heavy atom. The van der Waals surface area contributed by atoms with Crippen molar-refractivity contribution < 1.29 is 9.72 Å². The van der Waals surface area contributed by atoms with Crippen LogP contribution in [-0.2, 0) is 5.75 Å². The summed E-state index contributed by atoms with van der Waals surface area (Å²) in [5, 5.41) is 23.9. The van der Waals surface area contributed by atoms with E-state index in [1.54, 1.807) is 29.7 Å². The van der Waals surface area contributed by atoms with Gasteiger partial charge in [-0.1, -0.05) is 76.9 Å². The maximum atomic E-state index is 12.9. The lowest BCUT2D eigenvalue weighted by Crippen LogP contribution is -2.29. The summed E-state index contributed by atoms with van der Waals surface area (Å²) in [6.45, 7) is 1.74. The van der Waals surface area contributed by atoms with Gasteiger partial charge in [-0.05, 0) is 36.8 Å². The summed E-state index contributed by atoms with van der Waals surface area (Å²) in [5.41, 5.74) is 1.55. The Kier molecular flexibility index (Phi) is 8.15. The van der Waals surface area contributed by atoms with E-state index in [0.29, 0.717) is 32.5 Å². The molecule has 0 aliphatic carbocycles. The van der Waals surface area contributed by atoms with E-state index in [1.807, 2.05) is 30.3 Å². The van der Waals surface area contributed by atoms with Gasteiger partial charge in [0.2, 0.25) is 0 Å². The molecule has 0 aliphatic heterocycles. The van der Waals surface area contributed by atoms with Crippen LogP contribution < -0.4 is 5.32 Å². The monoisotopic (exact) mass is 561 g/mol. The minimum Gasteiger partial charge on any atom is -0.342 e. The smallest absolute Gasteiger partial charge is 0.270 e. The van der Waals surface area contributed by atoms with Gasteiger partial charge in [0.25, 0.3) is 11.6 Å². The van der Waals surface area contributed by atoms with Gasteiger partial charge in [-0.15, -0.1) is 10.2 Å². The van der Waals surface area contributed by atoms with Gasteiger partial charge in [0, 0.05) is 22.9 Å². The number of nitrogens with one attached hydrogen (secondary N) is 1. The highest BCUT2D eigenvalue weighted by Crippen LogP contribution is 2.33. The van der Waals surface area contributed by atoms with Crippen molar-refractivity contribution in [2.75, 3.05) is 0 Å². The number of carbonyl (C=O) groups is 1. The largest absolute Gasteiger partial charge is 0.342 e. The van der Waals surface area contributed by atoms with E-state index >= 15 is 0 Å². The summed E-state index contributed by atoms with van der Waals surface area (Å²) in [7, 11) is 0. The number of non-ortho nitro benzene ring substituents is 1. The predicted molar refractivity (Wildman–Crippen MR) is 141 cm³/mol. The van der Waals surface area contributed by atoms with Crippen molar-refractivity contribution >= 4 is 58.2 Å². The molecule has 1 atom stereocenters. The molecule has 184 valence electrons. The first-order valence-corrected chi connectivity index (χ1v) is 12.7. The summed E-state index contributed by atoms with van der Waals surface area (Å²) in [4.78, 5) is 23.3. The molecule has 0 aliphatic rings. The fraction of sp³-hybridized carbons (Fsp3) is 0.125. The second-order valence-electron chi connectivity index (χ2n) is 7.66. The number of carbonyl (C=O) groups excluding carboxylic acids is 1. The van der Waals surface area contributed by atoms with Crippen LogP contribution in [0.1, 0.15) is 34.7 Å². The summed E-state index contributed by atoms with van der Waals surface area (Å²) < 4.78 is 1.75. The van der Waals surface area contributed by atoms with Crippen LogP contribution in [0, 0.1) is 10.1 Å². The van der Waals surface area contributed by atoms with Gasteiger partial charge in [-0.3, -0.25) is 19.5 Å². The van der Waals surface area contributed by atoms with E-state index < -0.39 is 16.9 Å². The number of halogens is 3. The van der Waals surface area contributed by atoms with E-state index in [1.165, 1.54) is 23.9 Å². The first-order chi connectivity index (χ1) is 17.2. The summed E-state index contributed by atoms with van der Waals surface area (Å²) in [6, 6.07) is 18.0. The van der Waals surface area contributed by atoms with Gasteiger partial charge in [0.15, 0.2) is 11.0 Å². The SMILES string of the molecule is CC(NC(=O)c1ccc([N+](=O)[O-])cc1Cl)c1nnc(SCc2ccccc2)n1-c1cc(Cl)ccc1Cl. The fourth-order valence-electron chi connectivity index (χ4n) is 3.40. The second kappa shape index (κ2) is 11.3. The molecule has 0 saturated carbocycles. The summed E-state index contributed by atoms with van der Waals surface area (Å²) in [5.74, 6) is 0.532. The third-order valence-electron chi connectivity index (χ3n) is 5.16. The van der Waals surface area contributed by atoms with Crippen molar-refractivity contribution in [1.29, 1.82) is 0 Å². The molecule has 12 heteroatoms. The zero-order chi connectivity index (χ0) is 25.8. The molecule has 0 spiro atoms. The second-order valence-corrected chi connectivity index (χ2v) is 9.86. The topological polar surface area (TPSA) is 103 Å². The van der Waals surface area contributed by atoms with Crippen LogP contribution in [0.3, 0.4) is 0 Å². The van der Waals surface area contributed by atoms with Gasteiger partial charge >= 0.3 is 0 Å². The summed E-state index contributed by atoms with van der Waals surface area (Å²) in [6.07, 6.45) is 0. The van der Waals surface area contributed by atoms with Crippen molar-refractivity contribution in [2.24, 2.45) is 0 Å². The standard InChI is InChI=1S/C24H18Cl3N5O3S/c1-14(28-23(33)18-9-8-17(32(34)35)12-20(18)27)22-29-30-24(36-13-15-5-3-2-4-6-15)31(22)21-11-16(25)7-10-19(21)26/h2-12,14H,13H2,1H3,(H,28,33). The Bertz CT molecular complexity index is 1430. The molecule has 3 aromatic carbocycles. The van der Waals surface area contributed by atoms with E-state index in [2.05, 4.69) is 15.5 Å². The molecule has 1 heterocycles. The Hall–Kier alpha value is -3.11. The van der Waals surface area contributed by atoms with Crippen molar-refractivity contribution in [3.63, 3.8) is 0 Å². The van der Waals surface area contributed by atoms with Crippen molar-refractivity contribution in [1.82, 2.24) is 20.1 Å². The van der Waals surface area contributed by atoms with Crippen molar-refractivity contribution in [3.05, 3.63) is 109 Å². The molecule has 4 aromatic rings. The Balaban J connectivity index is 1.66. The summed E-state index contributed by atoms with van der Waals surface area (Å²) >= 11 is 20.4. The third-order valence-corrected chi connectivity index (χ3v) is 7.03. The molecular weight excluding hydrogens is 545 g/mol. The number of amides is 1. The molecule has 1 aromatic heterocycles. The number of thioether (sulfide) groups is 1. The van der Waals surface area contributed by atoms with Crippen LogP contribution in [-0.4, -0.2) is 25.6 Å². The lowest BCUT2D eigenvalue weighted by atomic mass is 10.1. The number of benzene rings is 3. The fourth-order valence-corrected chi connectivity index (χ4v) is 4.94. The van der Waals surface area contributed by atoms with E-state index in [4.69, 9.17) is 34.8 Å². The Labute approximate surface area is 225 Å². The van der Waals surface area contributed by atoms with E-state index in [9.17, 15) is 14.9 Å². The molecule has 1 amide bonds. The predicted octanol–water partition coefficient (Wildman–Crippen LogP) is 6.92. The number of hydrogen-bond acceptors (Lipinski definition) is 6. The molecular formula is C24H18Cl3N5O3S. The third kappa shape index (κ3) is 5.82. The van der Waals surface area contributed by atoms with Crippen molar-refractivity contribution in [2.45, 2.75) is 23.9 Å². The van der Waals surface area contributed by atoms with Gasteiger partial charge in [0.05, 0.1) is 32.3 Å². The quantitative estimate of drug-likeness (QED) is 0.142. The highest BCUT2D eigenvalue weighted by molar-refractivity contribution is 7.98. The zero-order valence-corrected chi connectivity index (χ0v) is 21.8. The average molecular weight is 563 g/mol. The maximum absolute atomic E-state index is 12.9. The molecule has 4 rings (SSSR count). The number of nitro groups is 1. The van der Waals surface area contributed by atoms with Gasteiger partial charge in [-0.25, -0.2) is 0 Å². The Morgan fingerprint density at radius 1 is 1.06 bits per heavy atom. The van der Waals surface area contributed by atoms with Gasteiger partial charge < -0.3 is 5.32 Å². The average Bonchev–Trinajstić information content (AvgIpc) is 3.28. The normalized spacial score (nSPS) is 11.8. The molecule has 0 saturated heterocycles. The van der Waals surface area contributed by atoms with Gasteiger partial charge in [0.1, 0.15) is 0 Å². The molecule has 1 N–H and O–H groups in total. The first-order valence-electron chi connectivity index (χ1n) is 10.6. The zero-order valence-electron chi connectivity index (χ0n) is 18.7. The van der Waals surface area contributed by atoms with Crippen molar-refractivity contribution in [3.8, 4) is 5.69 Å². The van der Waals surface area contributed by atoms with E-state index in [-0.39, 0.29) is 16.3 Å². The number of hydrogen-bond donors (Lipinski definition) is 1. The van der Waals surface area contributed by atoms with E-state index in [0.717, 1.165) is 11.6 Å². The lowest BCUT2D eigenvalue weighted by Gasteiger charge is -2.17. The number of rotatable bonds is 8. The van der Waals surface area contributed by atoms with Crippen LogP contribution in [0.25, 0.3) is 5.69 Å².